The minimum absolute atomic E-state index is 0.146. The molecule has 0 spiro atoms. The number of hydrogen-bond donors (Lipinski definition) is 2. The third-order valence-corrected chi connectivity index (χ3v) is 3.71. The van der Waals surface area contributed by atoms with Gasteiger partial charge in [0, 0.05) is 13.5 Å². The number of carboxylic acid groups (broad SMARTS) is 1. The van der Waals surface area contributed by atoms with Crippen molar-refractivity contribution >= 4 is 11.9 Å². The second kappa shape index (κ2) is 6.52. The number of carbonyl (C=O) groups excluding carboxylic acids is 1. The van der Waals surface area contributed by atoms with E-state index in [1.165, 1.54) is 4.90 Å². The minimum atomic E-state index is -1.28. The second-order valence-electron chi connectivity index (χ2n) is 5.22. The summed E-state index contributed by atoms with van der Waals surface area (Å²) in [5.41, 5.74) is -0.687. The van der Waals surface area contributed by atoms with Crippen molar-refractivity contribution in [3.8, 4) is 0 Å². The first-order valence-electron chi connectivity index (χ1n) is 6.48. The summed E-state index contributed by atoms with van der Waals surface area (Å²) in [7, 11) is 1.57. The smallest absolute Gasteiger partial charge is 0.314 e. The first-order valence-corrected chi connectivity index (χ1v) is 6.48. The number of aliphatic hydroxyl groups excluding tert-OH is 1. The zero-order valence-corrected chi connectivity index (χ0v) is 12.0. The van der Waals surface area contributed by atoms with E-state index < -0.39 is 11.4 Å². The standard InChI is InChI=1S/C15H21NO4/c1-11(10-17)16(3)13(18)9-15(2,14(19)20)12-7-5-4-6-8-12/h4-8,11,17H,9-10H2,1-3H3,(H,19,20). The summed E-state index contributed by atoms with van der Waals surface area (Å²) in [4.78, 5) is 25.2. The van der Waals surface area contributed by atoms with Crippen molar-refractivity contribution in [2.24, 2.45) is 0 Å². The van der Waals surface area contributed by atoms with E-state index in [4.69, 9.17) is 5.11 Å². The predicted octanol–water partition coefficient (Wildman–Crippen LogP) is 1.26. The van der Waals surface area contributed by atoms with Crippen molar-refractivity contribution in [2.75, 3.05) is 13.7 Å². The molecule has 1 aromatic rings. The fraction of sp³-hybridized carbons (Fsp3) is 0.467. The monoisotopic (exact) mass is 279 g/mol. The molecule has 2 atom stereocenters. The van der Waals surface area contributed by atoms with Crippen LogP contribution in [0.2, 0.25) is 0 Å². The number of carbonyl (C=O) groups is 2. The van der Waals surface area contributed by atoms with E-state index >= 15 is 0 Å². The van der Waals surface area contributed by atoms with Crippen molar-refractivity contribution in [3.63, 3.8) is 0 Å². The molecule has 0 aromatic heterocycles. The van der Waals surface area contributed by atoms with Crippen LogP contribution in [0.1, 0.15) is 25.8 Å². The van der Waals surface area contributed by atoms with Crippen LogP contribution >= 0.6 is 0 Å². The number of nitrogens with zero attached hydrogens (tertiary/aromatic N) is 1. The van der Waals surface area contributed by atoms with E-state index in [2.05, 4.69) is 0 Å². The number of rotatable bonds is 6. The molecule has 0 bridgehead atoms. The van der Waals surface area contributed by atoms with E-state index in [0.29, 0.717) is 5.56 Å². The van der Waals surface area contributed by atoms with Gasteiger partial charge in [-0.15, -0.1) is 0 Å². The van der Waals surface area contributed by atoms with Crippen molar-refractivity contribution in [2.45, 2.75) is 31.7 Å². The van der Waals surface area contributed by atoms with Gasteiger partial charge in [0.15, 0.2) is 0 Å². The quantitative estimate of drug-likeness (QED) is 0.821. The van der Waals surface area contributed by atoms with E-state index in [9.17, 15) is 14.7 Å². The Hall–Kier alpha value is -1.88. The normalized spacial score (nSPS) is 15.2. The van der Waals surface area contributed by atoms with Crippen molar-refractivity contribution in [1.29, 1.82) is 0 Å². The highest BCUT2D eigenvalue weighted by Gasteiger charge is 2.38. The zero-order valence-electron chi connectivity index (χ0n) is 12.0. The fourth-order valence-corrected chi connectivity index (χ4v) is 1.90. The lowest BCUT2D eigenvalue weighted by Crippen LogP contribution is -2.43. The maximum Gasteiger partial charge on any atom is 0.314 e. The molecule has 2 N–H and O–H groups in total. The minimum Gasteiger partial charge on any atom is -0.481 e. The third-order valence-electron chi connectivity index (χ3n) is 3.71. The average Bonchev–Trinajstić information content (AvgIpc) is 2.46. The highest BCUT2D eigenvalue weighted by atomic mass is 16.4. The molecule has 20 heavy (non-hydrogen) atoms. The molecule has 2 unspecified atom stereocenters. The molecule has 0 fully saturated rings. The molecule has 110 valence electrons. The lowest BCUT2D eigenvalue weighted by atomic mass is 9.79. The van der Waals surface area contributed by atoms with Crippen LogP contribution in [-0.2, 0) is 15.0 Å². The summed E-state index contributed by atoms with van der Waals surface area (Å²) in [6.45, 7) is 3.09. The highest BCUT2D eigenvalue weighted by molar-refractivity contribution is 5.89. The molecule has 0 saturated heterocycles. The van der Waals surface area contributed by atoms with E-state index in [1.54, 1.807) is 51.2 Å². The molecule has 5 nitrogen and oxygen atoms in total. The SMILES string of the molecule is CC(CO)N(C)C(=O)CC(C)(C(=O)O)c1ccccc1. The molecule has 1 aromatic carbocycles. The fourth-order valence-electron chi connectivity index (χ4n) is 1.90. The zero-order chi connectivity index (χ0) is 15.3. The van der Waals surface area contributed by atoms with Crippen molar-refractivity contribution in [1.82, 2.24) is 4.90 Å². The molecular formula is C15H21NO4. The maximum atomic E-state index is 12.2. The predicted molar refractivity (Wildman–Crippen MR) is 75.4 cm³/mol. The van der Waals surface area contributed by atoms with Gasteiger partial charge in [-0.2, -0.15) is 0 Å². The highest BCUT2D eigenvalue weighted by Crippen LogP contribution is 2.28. The lowest BCUT2D eigenvalue weighted by molar-refractivity contribution is -0.147. The Bertz CT molecular complexity index is 474. The van der Waals surface area contributed by atoms with Crippen LogP contribution in [0.5, 0.6) is 0 Å². The van der Waals surface area contributed by atoms with Crippen LogP contribution in [0.4, 0.5) is 0 Å². The third kappa shape index (κ3) is 3.36. The summed E-state index contributed by atoms with van der Waals surface area (Å²) >= 11 is 0. The maximum absolute atomic E-state index is 12.2. The molecular weight excluding hydrogens is 258 g/mol. The van der Waals surface area contributed by atoms with Crippen molar-refractivity contribution in [3.05, 3.63) is 35.9 Å². The number of hydrogen-bond acceptors (Lipinski definition) is 3. The molecule has 0 aliphatic rings. The summed E-state index contributed by atoms with van der Waals surface area (Å²) in [5, 5.41) is 18.6. The molecule has 1 amide bonds. The second-order valence-corrected chi connectivity index (χ2v) is 5.22. The summed E-state index contributed by atoms with van der Waals surface area (Å²) in [6, 6.07) is 8.37. The van der Waals surface area contributed by atoms with E-state index in [-0.39, 0.29) is 25.0 Å². The first-order chi connectivity index (χ1) is 9.32. The van der Waals surface area contributed by atoms with Crippen LogP contribution in [0.3, 0.4) is 0 Å². The Labute approximate surface area is 118 Å². The summed E-state index contributed by atoms with van der Waals surface area (Å²) in [6.07, 6.45) is -0.146. The van der Waals surface area contributed by atoms with Gasteiger partial charge in [-0.25, -0.2) is 0 Å². The van der Waals surface area contributed by atoms with Crippen LogP contribution in [0.15, 0.2) is 30.3 Å². The van der Waals surface area contributed by atoms with Crippen LogP contribution in [-0.4, -0.2) is 46.7 Å². The molecule has 0 radical (unpaired) electrons. The summed E-state index contributed by atoms with van der Waals surface area (Å²) < 4.78 is 0. The molecule has 0 aliphatic heterocycles. The van der Waals surface area contributed by atoms with E-state index in [1.807, 2.05) is 0 Å². The van der Waals surface area contributed by atoms with Gasteiger partial charge in [-0.05, 0) is 19.4 Å². The molecule has 0 aliphatic carbocycles. The lowest BCUT2D eigenvalue weighted by Gasteiger charge is -2.29. The van der Waals surface area contributed by atoms with Crippen LogP contribution in [0.25, 0.3) is 0 Å². The van der Waals surface area contributed by atoms with Gasteiger partial charge in [0.05, 0.1) is 18.1 Å². The topological polar surface area (TPSA) is 77.8 Å². The van der Waals surface area contributed by atoms with Gasteiger partial charge in [-0.1, -0.05) is 30.3 Å². The molecule has 0 heterocycles. The van der Waals surface area contributed by atoms with Gasteiger partial charge >= 0.3 is 5.97 Å². The number of aliphatic carboxylic acids is 1. The van der Waals surface area contributed by atoms with Gasteiger partial charge < -0.3 is 15.1 Å². The van der Waals surface area contributed by atoms with Gasteiger partial charge in [0.25, 0.3) is 0 Å². The van der Waals surface area contributed by atoms with Crippen LogP contribution < -0.4 is 0 Å². The van der Waals surface area contributed by atoms with Gasteiger partial charge in [0.1, 0.15) is 0 Å². The number of benzene rings is 1. The Kier molecular flexibility index (Phi) is 5.27. The Morgan fingerprint density at radius 1 is 1.30 bits per heavy atom. The average molecular weight is 279 g/mol. The van der Waals surface area contributed by atoms with Crippen molar-refractivity contribution < 1.29 is 19.8 Å². The number of carboxylic acids is 1. The van der Waals surface area contributed by atoms with Gasteiger partial charge in [-0.3, -0.25) is 9.59 Å². The largest absolute Gasteiger partial charge is 0.481 e. The van der Waals surface area contributed by atoms with E-state index in [0.717, 1.165) is 0 Å². The summed E-state index contributed by atoms with van der Waals surface area (Å²) in [5.74, 6) is -1.34. The Morgan fingerprint density at radius 3 is 2.30 bits per heavy atom. The molecule has 0 saturated carbocycles. The molecule has 5 heteroatoms. The Balaban J connectivity index is 3.00. The number of likely N-dealkylation sites (N-methyl/N-ethyl adjacent to an activating group) is 1. The van der Waals surface area contributed by atoms with Gasteiger partial charge in [0.2, 0.25) is 5.91 Å². The Morgan fingerprint density at radius 2 is 1.85 bits per heavy atom. The number of aliphatic hydroxyl groups is 1. The number of amides is 1. The molecule has 1 rings (SSSR count). The van der Waals surface area contributed by atoms with Crippen LogP contribution in [0, 0.1) is 0 Å². The first kappa shape index (κ1) is 16.2.